The Balaban J connectivity index is 2.82. The molecule has 0 spiro atoms. The van der Waals surface area contributed by atoms with Crippen molar-refractivity contribution in [2.75, 3.05) is 13.1 Å². The van der Waals surface area contributed by atoms with Gasteiger partial charge in [-0.25, -0.2) is 4.79 Å². The fourth-order valence-corrected chi connectivity index (χ4v) is 1.67. The molecule has 1 aliphatic heterocycles. The molecule has 1 saturated heterocycles. The van der Waals surface area contributed by atoms with Crippen LogP contribution >= 0.6 is 0 Å². The second-order valence-corrected chi connectivity index (χ2v) is 3.70. The summed E-state index contributed by atoms with van der Waals surface area (Å²) in [5.41, 5.74) is 0. The van der Waals surface area contributed by atoms with Gasteiger partial charge in [0.05, 0.1) is 11.8 Å². The Labute approximate surface area is 88.5 Å². The van der Waals surface area contributed by atoms with Gasteiger partial charge in [0.25, 0.3) is 0 Å². The Kier molecular flexibility index (Phi) is 3.30. The van der Waals surface area contributed by atoms with Crippen molar-refractivity contribution in [1.82, 2.24) is 4.90 Å². The number of rotatable bonds is 1. The number of nitrogens with zero attached hydrogens (tertiary/aromatic N) is 1. The highest BCUT2D eigenvalue weighted by molar-refractivity contribution is 5.72. The number of hydrogen-bond acceptors (Lipinski definition) is 2. The lowest BCUT2D eigenvalue weighted by atomic mass is 9.89. The molecule has 1 aliphatic rings. The molecule has 0 unspecified atom stereocenters. The average molecular weight is 241 g/mol. The Hall–Kier alpha value is -1.47. The molecule has 0 aliphatic carbocycles. The molecule has 1 rings (SSSR count). The van der Waals surface area contributed by atoms with Gasteiger partial charge in [0.2, 0.25) is 0 Å². The number of carboxylic acid groups (broad SMARTS) is 2. The van der Waals surface area contributed by atoms with Gasteiger partial charge in [0, 0.05) is 13.1 Å². The molecule has 0 aromatic carbocycles. The Morgan fingerprint density at radius 2 is 1.75 bits per heavy atom. The van der Waals surface area contributed by atoms with Crippen LogP contribution in [0.25, 0.3) is 0 Å². The minimum Gasteiger partial charge on any atom is -0.481 e. The summed E-state index contributed by atoms with van der Waals surface area (Å²) >= 11 is 0. The molecular weight excluding hydrogens is 231 g/mol. The molecular formula is C8H10F3NO4. The highest BCUT2D eigenvalue weighted by Gasteiger charge is 2.47. The van der Waals surface area contributed by atoms with Gasteiger partial charge in [-0.05, 0) is 6.42 Å². The second-order valence-electron chi connectivity index (χ2n) is 3.70. The van der Waals surface area contributed by atoms with Crippen LogP contribution in [0.5, 0.6) is 0 Å². The van der Waals surface area contributed by atoms with E-state index in [4.69, 9.17) is 10.2 Å². The summed E-state index contributed by atoms with van der Waals surface area (Å²) in [5, 5.41) is 17.2. The maximum atomic E-state index is 12.4. The van der Waals surface area contributed by atoms with E-state index in [0.717, 1.165) is 0 Å². The lowest BCUT2D eigenvalue weighted by Crippen LogP contribution is -2.49. The van der Waals surface area contributed by atoms with Crippen LogP contribution in [-0.4, -0.2) is 46.4 Å². The lowest BCUT2D eigenvalue weighted by Gasteiger charge is -2.35. The van der Waals surface area contributed by atoms with E-state index in [0.29, 0.717) is 4.90 Å². The predicted molar refractivity (Wildman–Crippen MR) is 44.9 cm³/mol. The van der Waals surface area contributed by atoms with Crippen molar-refractivity contribution in [3.63, 3.8) is 0 Å². The van der Waals surface area contributed by atoms with Gasteiger partial charge in [0.15, 0.2) is 0 Å². The van der Waals surface area contributed by atoms with Crippen LogP contribution in [-0.2, 0) is 4.79 Å². The average Bonchev–Trinajstić information content (AvgIpc) is 2.15. The monoisotopic (exact) mass is 241 g/mol. The Morgan fingerprint density at radius 1 is 1.19 bits per heavy atom. The number of carbonyl (C=O) groups is 2. The van der Waals surface area contributed by atoms with Crippen molar-refractivity contribution in [2.24, 2.45) is 11.8 Å². The van der Waals surface area contributed by atoms with Gasteiger partial charge in [-0.2, -0.15) is 13.2 Å². The van der Waals surface area contributed by atoms with Gasteiger partial charge >= 0.3 is 18.2 Å². The number of hydrogen-bond donors (Lipinski definition) is 2. The summed E-state index contributed by atoms with van der Waals surface area (Å²) < 4.78 is 37.2. The fourth-order valence-electron chi connectivity index (χ4n) is 1.67. The normalized spacial score (nSPS) is 26.6. The van der Waals surface area contributed by atoms with Crippen LogP contribution in [0.1, 0.15) is 6.42 Å². The van der Waals surface area contributed by atoms with Crippen LogP contribution in [0.2, 0.25) is 0 Å². The molecule has 1 heterocycles. The molecule has 5 nitrogen and oxygen atoms in total. The lowest BCUT2D eigenvalue weighted by molar-refractivity contribution is -0.191. The molecule has 16 heavy (non-hydrogen) atoms. The smallest absolute Gasteiger partial charge is 0.407 e. The van der Waals surface area contributed by atoms with Crippen molar-refractivity contribution in [3.05, 3.63) is 0 Å². The summed E-state index contributed by atoms with van der Waals surface area (Å²) in [6, 6.07) is 0. The number of alkyl halides is 3. The van der Waals surface area contributed by atoms with Crippen LogP contribution in [0.15, 0.2) is 0 Å². The number of carboxylic acids is 1. The first kappa shape index (κ1) is 12.6. The number of aliphatic carboxylic acids is 1. The Morgan fingerprint density at radius 3 is 2.12 bits per heavy atom. The van der Waals surface area contributed by atoms with Gasteiger partial charge in [-0.1, -0.05) is 0 Å². The molecule has 0 bridgehead atoms. The number of likely N-dealkylation sites (tertiary alicyclic amines) is 1. The zero-order valence-electron chi connectivity index (χ0n) is 8.07. The van der Waals surface area contributed by atoms with E-state index in [9.17, 15) is 22.8 Å². The molecule has 92 valence electrons. The van der Waals surface area contributed by atoms with E-state index in [1.165, 1.54) is 0 Å². The highest BCUT2D eigenvalue weighted by atomic mass is 19.4. The highest BCUT2D eigenvalue weighted by Crippen LogP contribution is 2.35. The first-order valence-corrected chi connectivity index (χ1v) is 4.49. The largest absolute Gasteiger partial charge is 0.481 e. The molecule has 0 radical (unpaired) electrons. The van der Waals surface area contributed by atoms with Crippen LogP contribution in [0, 0.1) is 11.8 Å². The Bertz CT molecular complexity index is 282. The number of halogens is 3. The molecule has 0 saturated carbocycles. The van der Waals surface area contributed by atoms with Gasteiger partial charge in [-0.15, -0.1) is 0 Å². The number of amides is 1. The maximum Gasteiger partial charge on any atom is 0.407 e. The molecule has 0 aromatic heterocycles. The summed E-state index contributed by atoms with van der Waals surface area (Å²) in [6.07, 6.45) is -6.66. The van der Waals surface area contributed by atoms with Crippen LogP contribution < -0.4 is 0 Å². The second kappa shape index (κ2) is 4.18. The SMILES string of the molecule is O=C(O)[C@H]1C[C@@H](C(F)(F)F)CN(C(=O)O)C1. The van der Waals surface area contributed by atoms with Crippen LogP contribution in [0.3, 0.4) is 0 Å². The van der Waals surface area contributed by atoms with Crippen molar-refractivity contribution in [2.45, 2.75) is 12.6 Å². The third-order valence-electron chi connectivity index (χ3n) is 2.53. The summed E-state index contributed by atoms with van der Waals surface area (Å²) in [4.78, 5) is 21.7. The van der Waals surface area contributed by atoms with E-state index < -0.39 is 49.6 Å². The van der Waals surface area contributed by atoms with E-state index in [2.05, 4.69) is 0 Å². The third kappa shape index (κ3) is 2.77. The van der Waals surface area contributed by atoms with Crippen molar-refractivity contribution in [3.8, 4) is 0 Å². The summed E-state index contributed by atoms with van der Waals surface area (Å²) in [5.74, 6) is -4.60. The molecule has 8 heteroatoms. The van der Waals surface area contributed by atoms with E-state index in [-0.39, 0.29) is 0 Å². The zero-order valence-corrected chi connectivity index (χ0v) is 8.07. The summed E-state index contributed by atoms with van der Waals surface area (Å²) in [7, 11) is 0. The zero-order chi connectivity index (χ0) is 12.5. The quantitative estimate of drug-likeness (QED) is 0.724. The van der Waals surface area contributed by atoms with Crippen molar-refractivity contribution in [1.29, 1.82) is 0 Å². The molecule has 0 aromatic rings. The molecule has 1 fully saturated rings. The van der Waals surface area contributed by atoms with Gasteiger partial charge in [0.1, 0.15) is 0 Å². The first-order chi connectivity index (χ1) is 7.21. The maximum absolute atomic E-state index is 12.4. The fraction of sp³-hybridized carbons (Fsp3) is 0.750. The third-order valence-corrected chi connectivity index (χ3v) is 2.53. The van der Waals surface area contributed by atoms with Crippen LogP contribution in [0.4, 0.5) is 18.0 Å². The van der Waals surface area contributed by atoms with Crippen molar-refractivity contribution < 1.29 is 33.0 Å². The minimum atomic E-state index is -4.57. The van der Waals surface area contributed by atoms with Crippen molar-refractivity contribution >= 4 is 12.1 Å². The standard InChI is InChI=1S/C8H10F3NO4/c9-8(10,11)5-1-4(6(13)14)2-12(3-5)7(15)16/h4-5H,1-3H2,(H,13,14)(H,15,16)/t4-,5+/m0/s1. The van der Waals surface area contributed by atoms with E-state index in [1.807, 2.05) is 0 Å². The van der Waals surface area contributed by atoms with Gasteiger partial charge in [-0.3, -0.25) is 4.79 Å². The van der Waals surface area contributed by atoms with Gasteiger partial charge < -0.3 is 15.1 Å². The molecule has 1 amide bonds. The predicted octanol–water partition coefficient (Wildman–Crippen LogP) is 1.25. The molecule has 2 atom stereocenters. The topological polar surface area (TPSA) is 77.8 Å². The van der Waals surface area contributed by atoms with E-state index >= 15 is 0 Å². The number of piperidine rings is 1. The summed E-state index contributed by atoms with van der Waals surface area (Å²) in [6.45, 7) is -1.08. The first-order valence-electron chi connectivity index (χ1n) is 4.49. The minimum absolute atomic E-state index is 0.392. The molecule has 2 N–H and O–H groups in total. The van der Waals surface area contributed by atoms with E-state index in [1.54, 1.807) is 0 Å².